The van der Waals surface area contributed by atoms with Gasteiger partial charge >= 0.3 is 0 Å². The van der Waals surface area contributed by atoms with Crippen molar-refractivity contribution in [2.45, 2.75) is 0 Å². The third-order valence-electron chi connectivity index (χ3n) is 9.99. The summed E-state index contributed by atoms with van der Waals surface area (Å²) in [6.45, 7) is 8.88. The molecule has 0 aromatic heterocycles. The van der Waals surface area contributed by atoms with Gasteiger partial charge in [0.25, 0.3) is 0 Å². The summed E-state index contributed by atoms with van der Waals surface area (Å²) in [7, 11) is 0. The minimum Gasteiger partial charge on any atom is -0.356 e. The van der Waals surface area contributed by atoms with Crippen molar-refractivity contribution in [1.82, 2.24) is 0 Å². The van der Waals surface area contributed by atoms with Crippen LogP contribution >= 0.6 is 0 Å². The minimum absolute atomic E-state index is 0.819. The molecule has 0 amide bonds. The Morgan fingerprint density at radius 3 is 1.06 bits per heavy atom. The molecule has 0 aliphatic heterocycles. The molecule has 0 atom stereocenters. The SMILES string of the molecule is C=C(Nc1cccc(-c2c3ccccc3cc3ccccc23)c1)c1cccc(C(=C)Nc2cccc(-c3c4ccccc4cc4ccccc34)c2)c1. The maximum atomic E-state index is 4.44. The van der Waals surface area contributed by atoms with Gasteiger partial charge in [0.1, 0.15) is 0 Å². The Bertz CT molecular complexity index is 2540. The van der Waals surface area contributed by atoms with E-state index in [2.05, 4.69) is 206 Å². The Labute approximate surface area is 304 Å². The number of nitrogens with one attached hydrogen (secondary N) is 2. The van der Waals surface area contributed by atoms with Crippen molar-refractivity contribution < 1.29 is 0 Å². The van der Waals surface area contributed by atoms with Crippen molar-refractivity contribution in [3.63, 3.8) is 0 Å². The van der Waals surface area contributed by atoms with Crippen LogP contribution < -0.4 is 10.6 Å². The zero-order chi connectivity index (χ0) is 35.0. The smallest absolute Gasteiger partial charge is 0.0390 e. The third-order valence-corrected chi connectivity index (χ3v) is 9.99. The van der Waals surface area contributed by atoms with Crippen LogP contribution in [0.2, 0.25) is 0 Å². The van der Waals surface area contributed by atoms with Crippen LogP contribution in [0.25, 0.3) is 76.7 Å². The van der Waals surface area contributed by atoms with Gasteiger partial charge < -0.3 is 10.6 Å². The molecular weight excluding hydrogens is 629 g/mol. The van der Waals surface area contributed by atoms with Crippen molar-refractivity contribution in [1.29, 1.82) is 0 Å². The molecule has 246 valence electrons. The van der Waals surface area contributed by atoms with Crippen molar-refractivity contribution in [3.8, 4) is 22.3 Å². The molecule has 0 radical (unpaired) electrons. The van der Waals surface area contributed by atoms with Gasteiger partial charge in [0.15, 0.2) is 0 Å². The molecule has 0 saturated heterocycles. The van der Waals surface area contributed by atoms with Crippen LogP contribution in [-0.4, -0.2) is 0 Å². The zero-order valence-corrected chi connectivity index (χ0v) is 28.7. The van der Waals surface area contributed by atoms with Gasteiger partial charge in [-0.2, -0.15) is 0 Å². The van der Waals surface area contributed by atoms with Gasteiger partial charge in [-0.15, -0.1) is 0 Å². The fraction of sp³-hybridized carbons (Fsp3) is 0. The van der Waals surface area contributed by atoms with Gasteiger partial charge in [0, 0.05) is 22.8 Å². The van der Waals surface area contributed by atoms with Crippen LogP contribution in [0.15, 0.2) is 195 Å². The van der Waals surface area contributed by atoms with Gasteiger partial charge in [-0.05, 0) is 119 Å². The fourth-order valence-electron chi connectivity index (χ4n) is 7.54. The average Bonchev–Trinajstić information content (AvgIpc) is 3.19. The molecule has 0 aliphatic carbocycles. The Balaban J connectivity index is 0.979. The van der Waals surface area contributed by atoms with Gasteiger partial charge in [-0.1, -0.05) is 153 Å². The molecule has 0 fully saturated rings. The van der Waals surface area contributed by atoms with E-state index in [1.165, 1.54) is 54.2 Å². The molecule has 2 heteroatoms. The number of hydrogen-bond donors (Lipinski definition) is 2. The van der Waals surface area contributed by atoms with E-state index in [1.807, 2.05) is 0 Å². The second kappa shape index (κ2) is 13.1. The molecule has 2 nitrogen and oxygen atoms in total. The van der Waals surface area contributed by atoms with Crippen LogP contribution in [0.5, 0.6) is 0 Å². The predicted molar refractivity (Wildman–Crippen MR) is 226 cm³/mol. The van der Waals surface area contributed by atoms with Gasteiger partial charge in [0.2, 0.25) is 0 Å². The van der Waals surface area contributed by atoms with Crippen LogP contribution in [0.4, 0.5) is 11.4 Å². The number of fused-ring (bicyclic) bond motifs is 4. The molecule has 52 heavy (non-hydrogen) atoms. The predicted octanol–water partition coefficient (Wildman–Crippen LogP) is 13.8. The molecule has 9 aromatic rings. The average molecular weight is 665 g/mol. The molecule has 0 unspecified atom stereocenters. The van der Waals surface area contributed by atoms with E-state index < -0.39 is 0 Å². The zero-order valence-electron chi connectivity index (χ0n) is 28.7. The van der Waals surface area contributed by atoms with E-state index in [9.17, 15) is 0 Å². The first kappa shape index (κ1) is 31.1. The van der Waals surface area contributed by atoms with Crippen LogP contribution in [-0.2, 0) is 0 Å². The van der Waals surface area contributed by atoms with E-state index >= 15 is 0 Å². The van der Waals surface area contributed by atoms with Crippen molar-refractivity contribution in [2.24, 2.45) is 0 Å². The molecule has 0 aliphatic rings. The number of benzene rings is 9. The van der Waals surface area contributed by atoms with E-state index in [0.29, 0.717) is 0 Å². The lowest BCUT2D eigenvalue weighted by molar-refractivity contribution is 1.49. The first-order valence-corrected chi connectivity index (χ1v) is 17.6. The van der Waals surface area contributed by atoms with E-state index in [1.54, 1.807) is 0 Å². The number of anilines is 2. The Morgan fingerprint density at radius 1 is 0.327 bits per heavy atom. The monoisotopic (exact) mass is 664 g/mol. The summed E-state index contributed by atoms with van der Waals surface area (Å²) in [5, 5.41) is 17.1. The number of hydrogen-bond acceptors (Lipinski definition) is 2. The first-order valence-electron chi connectivity index (χ1n) is 17.6. The Morgan fingerprint density at radius 2 is 0.673 bits per heavy atom. The Kier molecular flexibility index (Phi) is 7.83. The first-order chi connectivity index (χ1) is 25.6. The maximum absolute atomic E-state index is 4.44. The molecule has 2 N–H and O–H groups in total. The standard InChI is InChI=1S/C50H36N2/c1-33(51-43-22-12-20-41(31-43)49-45-24-7-3-14-37(45)29-38-15-4-8-25-46(38)49)35-18-11-19-36(28-35)34(2)52-44-23-13-21-42(32-44)50-47-26-9-5-16-39(47)30-40-17-6-10-27-48(40)50/h3-32,51-52H,1-2H2. The topological polar surface area (TPSA) is 24.1 Å². The molecule has 9 aromatic carbocycles. The largest absolute Gasteiger partial charge is 0.356 e. The molecule has 0 heterocycles. The normalized spacial score (nSPS) is 11.2. The summed E-state index contributed by atoms with van der Waals surface area (Å²) >= 11 is 0. The van der Waals surface area contributed by atoms with E-state index in [-0.39, 0.29) is 0 Å². The highest BCUT2D eigenvalue weighted by Gasteiger charge is 2.13. The highest BCUT2D eigenvalue weighted by Crippen LogP contribution is 2.39. The molecule has 0 saturated carbocycles. The second-order valence-electron chi connectivity index (χ2n) is 13.3. The summed E-state index contributed by atoms with van der Waals surface area (Å²) in [5.74, 6) is 0. The van der Waals surface area contributed by atoms with E-state index in [4.69, 9.17) is 0 Å². The summed E-state index contributed by atoms with van der Waals surface area (Å²) in [6, 6.07) is 64.6. The Hall–Kier alpha value is -6.90. The molecular formula is C50H36N2. The van der Waals surface area contributed by atoms with Crippen LogP contribution in [0.1, 0.15) is 11.1 Å². The third kappa shape index (κ3) is 5.77. The van der Waals surface area contributed by atoms with Gasteiger partial charge in [-0.25, -0.2) is 0 Å². The molecule has 0 spiro atoms. The van der Waals surface area contributed by atoms with Crippen LogP contribution in [0.3, 0.4) is 0 Å². The van der Waals surface area contributed by atoms with Gasteiger partial charge in [-0.3, -0.25) is 0 Å². The van der Waals surface area contributed by atoms with Crippen molar-refractivity contribution >= 4 is 65.9 Å². The summed E-state index contributed by atoms with van der Waals surface area (Å²) < 4.78 is 0. The highest BCUT2D eigenvalue weighted by atomic mass is 14.9. The molecule has 0 bridgehead atoms. The lowest BCUT2D eigenvalue weighted by Crippen LogP contribution is -2.01. The van der Waals surface area contributed by atoms with E-state index in [0.717, 1.165) is 45.0 Å². The summed E-state index contributed by atoms with van der Waals surface area (Å²) in [5.41, 5.74) is 10.4. The second-order valence-corrected chi connectivity index (χ2v) is 13.3. The summed E-state index contributed by atoms with van der Waals surface area (Å²) in [4.78, 5) is 0. The van der Waals surface area contributed by atoms with Gasteiger partial charge in [0.05, 0.1) is 0 Å². The highest BCUT2D eigenvalue weighted by molar-refractivity contribution is 6.14. The number of rotatable bonds is 8. The lowest BCUT2D eigenvalue weighted by atomic mass is 9.92. The lowest BCUT2D eigenvalue weighted by Gasteiger charge is -2.16. The van der Waals surface area contributed by atoms with Crippen molar-refractivity contribution in [3.05, 3.63) is 206 Å². The molecule has 9 rings (SSSR count). The fourth-order valence-corrected chi connectivity index (χ4v) is 7.54. The summed E-state index contributed by atoms with van der Waals surface area (Å²) in [6.07, 6.45) is 0. The quantitative estimate of drug-likeness (QED) is 0.158. The van der Waals surface area contributed by atoms with Crippen LogP contribution in [0, 0.1) is 0 Å². The van der Waals surface area contributed by atoms with Crippen molar-refractivity contribution in [2.75, 3.05) is 10.6 Å². The maximum Gasteiger partial charge on any atom is 0.0390 e. The minimum atomic E-state index is 0.819.